The van der Waals surface area contributed by atoms with Gasteiger partial charge in [-0.25, -0.2) is 0 Å². The van der Waals surface area contributed by atoms with Crippen molar-refractivity contribution in [3.63, 3.8) is 0 Å². The molecule has 0 spiro atoms. The van der Waals surface area contributed by atoms with Gasteiger partial charge < -0.3 is 0 Å². The van der Waals surface area contributed by atoms with Crippen LogP contribution in [-0.4, -0.2) is 9.79 Å². The summed E-state index contributed by atoms with van der Waals surface area (Å²) in [4.78, 5) is 14.2. The van der Waals surface area contributed by atoms with E-state index in [0.717, 1.165) is 0 Å². The maximum absolute atomic E-state index is 8.70. The van der Waals surface area contributed by atoms with Crippen molar-refractivity contribution in [3.05, 3.63) is 12.2 Å². The SMILES string of the molecule is CCCCCCCC/C=C\CCCCCCCC.O=[P+](O)O. The van der Waals surface area contributed by atoms with Gasteiger partial charge in [-0.15, -0.1) is 9.79 Å². The molecule has 0 aliphatic carbocycles. The lowest BCUT2D eigenvalue weighted by Crippen LogP contribution is -1.79. The predicted molar refractivity (Wildman–Crippen MR) is 97.2 cm³/mol. The highest BCUT2D eigenvalue weighted by molar-refractivity contribution is 7.30. The molecule has 22 heavy (non-hydrogen) atoms. The molecule has 0 unspecified atom stereocenters. The van der Waals surface area contributed by atoms with Crippen LogP contribution in [0.25, 0.3) is 0 Å². The Hall–Kier alpha value is -0.240. The Labute approximate surface area is 139 Å². The molecule has 0 fully saturated rings. The van der Waals surface area contributed by atoms with Gasteiger partial charge in [-0.3, -0.25) is 0 Å². The predicted octanol–water partition coefficient (Wildman–Crippen LogP) is 6.67. The van der Waals surface area contributed by atoms with E-state index < -0.39 is 8.25 Å². The minimum atomic E-state index is -2.87. The summed E-state index contributed by atoms with van der Waals surface area (Å²) in [6.45, 7) is 4.57. The third-order valence-electron chi connectivity index (χ3n) is 3.62. The summed E-state index contributed by atoms with van der Waals surface area (Å²) >= 11 is 0. The molecule has 0 saturated heterocycles. The molecular formula is C18H38O3P+. The monoisotopic (exact) mass is 333 g/mol. The molecule has 0 atom stereocenters. The van der Waals surface area contributed by atoms with Crippen molar-refractivity contribution in [3.8, 4) is 0 Å². The van der Waals surface area contributed by atoms with Crippen LogP contribution in [0.15, 0.2) is 12.2 Å². The largest absolute Gasteiger partial charge is 0.692 e. The van der Waals surface area contributed by atoms with Crippen molar-refractivity contribution < 1.29 is 14.4 Å². The first-order valence-electron chi connectivity index (χ1n) is 9.15. The molecule has 0 aliphatic rings. The topological polar surface area (TPSA) is 57.5 Å². The highest BCUT2D eigenvalue weighted by Crippen LogP contribution is 2.09. The van der Waals surface area contributed by atoms with Gasteiger partial charge in [0, 0.05) is 4.57 Å². The van der Waals surface area contributed by atoms with Gasteiger partial charge in [0.15, 0.2) is 0 Å². The summed E-state index contributed by atoms with van der Waals surface area (Å²) in [5.41, 5.74) is 0. The van der Waals surface area contributed by atoms with Gasteiger partial charge in [-0.2, -0.15) is 0 Å². The smallest absolute Gasteiger partial charge is 0.134 e. The van der Waals surface area contributed by atoms with E-state index in [9.17, 15) is 0 Å². The van der Waals surface area contributed by atoms with Crippen LogP contribution in [0, 0.1) is 0 Å². The number of hydrogen-bond donors (Lipinski definition) is 2. The Morgan fingerprint density at radius 3 is 1.23 bits per heavy atom. The van der Waals surface area contributed by atoms with Crippen LogP contribution in [0.2, 0.25) is 0 Å². The zero-order valence-corrected chi connectivity index (χ0v) is 15.7. The maximum Gasteiger partial charge on any atom is 0.692 e. The van der Waals surface area contributed by atoms with Gasteiger partial charge in [0.05, 0.1) is 0 Å². The van der Waals surface area contributed by atoms with Crippen molar-refractivity contribution in [2.24, 2.45) is 0 Å². The number of allylic oxidation sites excluding steroid dienone is 2. The number of rotatable bonds is 14. The molecule has 0 bridgehead atoms. The standard InChI is InChI=1S/C18H36.HO3P/c1-3-5-7-9-11-13-15-17-18-16-14-12-10-8-6-4-2;1-4(2)3/h17-18H,3-16H2,1-2H3;(H-,1,2,3)/p+1/b18-17-;. The Bertz CT molecular complexity index is 220. The normalized spacial score (nSPS) is 10.5. The molecule has 3 nitrogen and oxygen atoms in total. The van der Waals surface area contributed by atoms with Crippen LogP contribution in [0.1, 0.15) is 104 Å². The van der Waals surface area contributed by atoms with Crippen molar-refractivity contribution in [1.29, 1.82) is 0 Å². The van der Waals surface area contributed by atoms with Crippen LogP contribution < -0.4 is 0 Å². The summed E-state index contributed by atoms with van der Waals surface area (Å²) in [6.07, 6.45) is 24.4. The van der Waals surface area contributed by atoms with Gasteiger partial charge in [-0.1, -0.05) is 90.2 Å². The van der Waals surface area contributed by atoms with Crippen LogP contribution in [-0.2, 0) is 4.57 Å². The van der Waals surface area contributed by atoms with Gasteiger partial charge in [-0.05, 0) is 25.7 Å². The first-order chi connectivity index (χ1) is 10.6. The first-order valence-corrected chi connectivity index (χ1v) is 10.3. The van der Waals surface area contributed by atoms with Crippen LogP contribution in [0.3, 0.4) is 0 Å². The minimum absolute atomic E-state index is 1.31. The van der Waals surface area contributed by atoms with Crippen molar-refractivity contribution >= 4 is 8.25 Å². The molecule has 0 heterocycles. The van der Waals surface area contributed by atoms with Gasteiger partial charge >= 0.3 is 8.25 Å². The second-order valence-corrected chi connectivity index (χ2v) is 6.34. The molecule has 2 N–H and O–H groups in total. The molecule has 0 aromatic rings. The molecule has 0 radical (unpaired) electrons. The third-order valence-corrected chi connectivity index (χ3v) is 3.62. The van der Waals surface area contributed by atoms with Crippen molar-refractivity contribution in [1.82, 2.24) is 0 Å². The van der Waals surface area contributed by atoms with E-state index in [4.69, 9.17) is 14.4 Å². The average molecular weight is 333 g/mol. The third kappa shape index (κ3) is 31.9. The fourth-order valence-electron chi connectivity index (χ4n) is 2.32. The molecule has 0 rings (SSSR count). The molecular weight excluding hydrogens is 295 g/mol. The lowest BCUT2D eigenvalue weighted by Gasteiger charge is -1.98. The van der Waals surface area contributed by atoms with Gasteiger partial charge in [0.2, 0.25) is 0 Å². The van der Waals surface area contributed by atoms with E-state index in [2.05, 4.69) is 26.0 Å². The van der Waals surface area contributed by atoms with E-state index in [1.54, 1.807) is 0 Å². The molecule has 132 valence electrons. The molecule has 0 aliphatic heterocycles. The second kappa shape index (κ2) is 23.0. The van der Waals surface area contributed by atoms with Gasteiger partial charge in [0.25, 0.3) is 0 Å². The second-order valence-electron chi connectivity index (χ2n) is 5.84. The first kappa shape index (κ1) is 24.0. The fraction of sp³-hybridized carbons (Fsp3) is 0.889. The van der Waals surface area contributed by atoms with E-state index in [0.29, 0.717) is 0 Å². The van der Waals surface area contributed by atoms with E-state index in [-0.39, 0.29) is 0 Å². The highest BCUT2D eigenvalue weighted by Gasteiger charge is 1.93. The summed E-state index contributed by atoms with van der Waals surface area (Å²) < 4.78 is 8.70. The lowest BCUT2D eigenvalue weighted by atomic mass is 10.1. The van der Waals surface area contributed by atoms with Crippen molar-refractivity contribution in [2.45, 2.75) is 104 Å². The summed E-state index contributed by atoms with van der Waals surface area (Å²) in [5.74, 6) is 0. The number of hydrogen-bond acceptors (Lipinski definition) is 1. The number of unbranched alkanes of at least 4 members (excludes halogenated alkanes) is 12. The Morgan fingerprint density at radius 2 is 0.909 bits per heavy atom. The fourth-order valence-corrected chi connectivity index (χ4v) is 2.32. The van der Waals surface area contributed by atoms with Crippen molar-refractivity contribution in [2.75, 3.05) is 0 Å². The zero-order valence-electron chi connectivity index (χ0n) is 14.8. The molecule has 0 aromatic heterocycles. The summed E-state index contributed by atoms with van der Waals surface area (Å²) in [5, 5.41) is 0. The van der Waals surface area contributed by atoms with Gasteiger partial charge in [0.1, 0.15) is 0 Å². The average Bonchev–Trinajstić information content (AvgIpc) is 2.47. The Kier molecular flexibility index (Phi) is 25.1. The summed E-state index contributed by atoms with van der Waals surface area (Å²) in [6, 6.07) is 0. The Morgan fingerprint density at radius 1 is 0.636 bits per heavy atom. The molecule has 0 aromatic carbocycles. The zero-order chi connectivity index (χ0) is 16.9. The van der Waals surface area contributed by atoms with Crippen LogP contribution in [0.4, 0.5) is 0 Å². The van der Waals surface area contributed by atoms with E-state index in [1.807, 2.05) is 0 Å². The maximum atomic E-state index is 8.70. The molecule has 0 amide bonds. The highest BCUT2D eigenvalue weighted by atomic mass is 31.1. The van der Waals surface area contributed by atoms with E-state index in [1.165, 1.54) is 89.9 Å². The van der Waals surface area contributed by atoms with Crippen LogP contribution >= 0.6 is 8.25 Å². The lowest BCUT2D eigenvalue weighted by molar-refractivity contribution is 0.405. The summed E-state index contributed by atoms with van der Waals surface area (Å²) in [7, 11) is -2.87. The molecule has 4 heteroatoms. The van der Waals surface area contributed by atoms with Crippen LogP contribution in [0.5, 0.6) is 0 Å². The quantitative estimate of drug-likeness (QED) is 0.212. The molecule has 0 saturated carbocycles. The Balaban J connectivity index is 0. The van der Waals surface area contributed by atoms with E-state index >= 15 is 0 Å². The minimum Gasteiger partial charge on any atom is -0.134 e.